The highest BCUT2D eigenvalue weighted by Gasteiger charge is 2.19. The number of benzene rings is 1. The molecule has 2 aromatic rings. The number of aliphatic imine (C=N–C) groups is 1. The Kier molecular flexibility index (Phi) is 8.04. The van der Waals surface area contributed by atoms with Crippen LogP contribution in [0.4, 0.5) is 4.39 Å². The van der Waals surface area contributed by atoms with E-state index in [1.807, 2.05) is 19.3 Å². The minimum absolute atomic E-state index is 0.240. The van der Waals surface area contributed by atoms with Gasteiger partial charge in [0.2, 0.25) is 0 Å². The molecule has 1 fully saturated rings. The maximum Gasteiger partial charge on any atom is 0.191 e. The van der Waals surface area contributed by atoms with Gasteiger partial charge in [-0.25, -0.2) is 9.07 Å². The molecule has 2 heterocycles. The Morgan fingerprint density at radius 1 is 1.21 bits per heavy atom. The summed E-state index contributed by atoms with van der Waals surface area (Å²) in [6.07, 6.45) is 7.57. The molecule has 3 rings (SSSR count). The van der Waals surface area contributed by atoms with E-state index in [1.54, 1.807) is 16.8 Å². The summed E-state index contributed by atoms with van der Waals surface area (Å²) in [6.45, 7) is 6.55. The van der Waals surface area contributed by atoms with Crippen LogP contribution in [0.5, 0.6) is 0 Å². The van der Waals surface area contributed by atoms with Crippen molar-refractivity contribution in [2.24, 2.45) is 4.99 Å². The van der Waals surface area contributed by atoms with Crippen molar-refractivity contribution in [1.82, 2.24) is 25.3 Å². The van der Waals surface area contributed by atoms with E-state index in [-0.39, 0.29) is 5.82 Å². The summed E-state index contributed by atoms with van der Waals surface area (Å²) >= 11 is 0. The first-order valence-corrected chi connectivity index (χ1v) is 10.7. The number of piperidine rings is 1. The molecule has 1 aromatic heterocycles. The molecule has 6 nitrogen and oxygen atoms in total. The molecular formula is C22H33FN6. The number of unbranched alkanes of at least 4 members (excludes halogenated alkanes) is 1. The van der Waals surface area contributed by atoms with Crippen LogP contribution in [-0.4, -0.2) is 59.9 Å². The topological polar surface area (TPSA) is 57.5 Å². The number of nitrogens with one attached hydrogen (secondary N) is 2. The Hall–Kier alpha value is -2.41. The number of guanidine groups is 1. The van der Waals surface area contributed by atoms with Crippen molar-refractivity contribution in [3.05, 3.63) is 48.0 Å². The van der Waals surface area contributed by atoms with Gasteiger partial charge in [-0.15, -0.1) is 0 Å². The van der Waals surface area contributed by atoms with Gasteiger partial charge in [-0.1, -0.05) is 13.3 Å². The number of nitrogens with zero attached hydrogens (tertiary/aromatic N) is 4. The fourth-order valence-electron chi connectivity index (χ4n) is 3.61. The number of hydrogen-bond donors (Lipinski definition) is 2. The van der Waals surface area contributed by atoms with Gasteiger partial charge < -0.3 is 15.5 Å². The monoisotopic (exact) mass is 400 g/mol. The second-order valence-corrected chi connectivity index (χ2v) is 7.59. The van der Waals surface area contributed by atoms with Crippen LogP contribution in [0.15, 0.2) is 41.5 Å². The fourth-order valence-corrected chi connectivity index (χ4v) is 3.61. The first-order valence-electron chi connectivity index (χ1n) is 10.7. The van der Waals surface area contributed by atoms with E-state index in [1.165, 1.54) is 31.5 Å². The summed E-state index contributed by atoms with van der Waals surface area (Å²) < 4.78 is 14.8. The maximum absolute atomic E-state index is 13.1. The van der Waals surface area contributed by atoms with Crippen LogP contribution in [-0.2, 0) is 6.42 Å². The van der Waals surface area contributed by atoms with Crippen LogP contribution < -0.4 is 10.6 Å². The zero-order chi connectivity index (χ0) is 20.5. The summed E-state index contributed by atoms with van der Waals surface area (Å²) in [5.41, 5.74) is 1.84. The number of hydrogen-bond acceptors (Lipinski definition) is 3. The normalized spacial score (nSPS) is 16.2. The van der Waals surface area contributed by atoms with Crippen LogP contribution in [0.1, 0.15) is 38.3 Å². The molecule has 0 spiro atoms. The van der Waals surface area contributed by atoms with Gasteiger partial charge in [0.05, 0.1) is 11.4 Å². The number of aromatic nitrogens is 2. The smallest absolute Gasteiger partial charge is 0.191 e. The summed E-state index contributed by atoms with van der Waals surface area (Å²) in [5.74, 6) is 0.617. The predicted molar refractivity (Wildman–Crippen MR) is 116 cm³/mol. The van der Waals surface area contributed by atoms with Gasteiger partial charge in [0.15, 0.2) is 5.96 Å². The Morgan fingerprint density at radius 2 is 1.97 bits per heavy atom. The molecule has 2 N–H and O–H groups in total. The molecule has 29 heavy (non-hydrogen) atoms. The fraction of sp³-hybridized carbons (Fsp3) is 0.545. The molecule has 1 saturated heterocycles. The molecule has 1 aromatic carbocycles. The molecule has 0 atom stereocenters. The highest BCUT2D eigenvalue weighted by atomic mass is 19.1. The van der Waals surface area contributed by atoms with Crippen LogP contribution in [0, 0.1) is 5.82 Å². The summed E-state index contributed by atoms with van der Waals surface area (Å²) in [4.78, 5) is 6.93. The molecule has 0 unspecified atom stereocenters. The van der Waals surface area contributed by atoms with E-state index in [2.05, 4.69) is 32.5 Å². The average molecular weight is 401 g/mol. The molecule has 7 heteroatoms. The number of halogens is 1. The minimum Gasteiger partial charge on any atom is -0.356 e. The third-order valence-corrected chi connectivity index (χ3v) is 5.39. The molecule has 1 aliphatic rings. The van der Waals surface area contributed by atoms with Crippen molar-refractivity contribution in [2.45, 2.75) is 45.1 Å². The maximum atomic E-state index is 13.1. The van der Waals surface area contributed by atoms with Gasteiger partial charge in [-0.2, -0.15) is 5.10 Å². The van der Waals surface area contributed by atoms with Crippen LogP contribution in [0.25, 0.3) is 5.69 Å². The van der Waals surface area contributed by atoms with E-state index in [0.717, 1.165) is 56.2 Å². The molecule has 0 saturated carbocycles. The standard InChI is InChI=1S/C22H33FN6/c1-3-4-14-28-15-10-19(11-16-28)26-22(24-2)25-13-9-20-12-17-29(27-20)21-7-5-18(23)6-8-21/h5-8,12,17,19H,3-4,9-11,13-16H2,1-2H3,(H2,24,25,26). The van der Waals surface area contributed by atoms with E-state index in [0.29, 0.717) is 6.04 Å². The molecule has 0 aliphatic carbocycles. The Bertz CT molecular complexity index is 762. The van der Waals surface area contributed by atoms with Gasteiger partial charge in [0, 0.05) is 45.3 Å². The van der Waals surface area contributed by atoms with Crippen LogP contribution >= 0.6 is 0 Å². The van der Waals surface area contributed by atoms with Gasteiger partial charge in [0.1, 0.15) is 5.82 Å². The minimum atomic E-state index is -0.240. The van der Waals surface area contributed by atoms with E-state index in [9.17, 15) is 4.39 Å². The second-order valence-electron chi connectivity index (χ2n) is 7.59. The highest BCUT2D eigenvalue weighted by Crippen LogP contribution is 2.11. The van der Waals surface area contributed by atoms with Crippen molar-refractivity contribution >= 4 is 5.96 Å². The summed E-state index contributed by atoms with van der Waals surface area (Å²) in [7, 11) is 1.81. The second kappa shape index (κ2) is 11.0. The van der Waals surface area contributed by atoms with Gasteiger partial charge in [-0.3, -0.25) is 4.99 Å². The Balaban J connectivity index is 1.40. The van der Waals surface area contributed by atoms with E-state index < -0.39 is 0 Å². The molecular weight excluding hydrogens is 367 g/mol. The zero-order valence-corrected chi connectivity index (χ0v) is 17.6. The SMILES string of the molecule is CCCCN1CCC(NC(=NC)NCCc2ccn(-c3ccc(F)cc3)n2)CC1. The zero-order valence-electron chi connectivity index (χ0n) is 17.6. The van der Waals surface area contributed by atoms with Crippen molar-refractivity contribution in [3.8, 4) is 5.69 Å². The summed E-state index contributed by atoms with van der Waals surface area (Å²) in [5, 5.41) is 11.5. The first-order chi connectivity index (χ1) is 14.2. The molecule has 0 radical (unpaired) electrons. The number of rotatable bonds is 8. The predicted octanol–water partition coefficient (Wildman–Crippen LogP) is 2.98. The van der Waals surface area contributed by atoms with Crippen molar-refractivity contribution in [2.75, 3.05) is 33.2 Å². The number of likely N-dealkylation sites (tertiary alicyclic amines) is 1. The third-order valence-electron chi connectivity index (χ3n) is 5.39. The Labute approximate surface area is 173 Å². The van der Waals surface area contributed by atoms with Gasteiger partial charge >= 0.3 is 0 Å². The van der Waals surface area contributed by atoms with Crippen LogP contribution in [0.2, 0.25) is 0 Å². The summed E-state index contributed by atoms with van der Waals surface area (Å²) in [6, 6.07) is 8.82. The lowest BCUT2D eigenvalue weighted by Gasteiger charge is -2.33. The lowest BCUT2D eigenvalue weighted by atomic mass is 10.0. The highest BCUT2D eigenvalue weighted by molar-refractivity contribution is 5.79. The third kappa shape index (κ3) is 6.56. The Morgan fingerprint density at radius 3 is 2.66 bits per heavy atom. The van der Waals surface area contributed by atoms with Gasteiger partial charge in [0.25, 0.3) is 0 Å². The quantitative estimate of drug-likeness (QED) is 0.528. The molecule has 158 valence electrons. The van der Waals surface area contributed by atoms with Crippen molar-refractivity contribution in [1.29, 1.82) is 0 Å². The first kappa shape index (κ1) is 21.3. The van der Waals surface area contributed by atoms with Gasteiger partial charge in [-0.05, 0) is 56.1 Å². The van der Waals surface area contributed by atoms with E-state index in [4.69, 9.17) is 0 Å². The molecule has 0 bridgehead atoms. The van der Waals surface area contributed by atoms with Crippen LogP contribution in [0.3, 0.4) is 0 Å². The van der Waals surface area contributed by atoms with Crippen molar-refractivity contribution < 1.29 is 4.39 Å². The molecule has 0 amide bonds. The molecule has 1 aliphatic heterocycles. The largest absolute Gasteiger partial charge is 0.356 e. The average Bonchev–Trinajstić information content (AvgIpc) is 3.22. The lowest BCUT2D eigenvalue weighted by molar-refractivity contribution is 0.203. The van der Waals surface area contributed by atoms with E-state index >= 15 is 0 Å². The lowest BCUT2D eigenvalue weighted by Crippen LogP contribution is -2.49. The van der Waals surface area contributed by atoms with Crippen molar-refractivity contribution in [3.63, 3.8) is 0 Å².